The summed E-state index contributed by atoms with van der Waals surface area (Å²) in [5.74, 6) is -0.440. The Kier molecular flexibility index (Phi) is 7.36. The normalized spacial score (nSPS) is 11.8. The van der Waals surface area contributed by atoms with E-state index >= 15 is 0 Å². The molecule has 0 aliphatic heterocycles. The predicted octanol–water partition coefficient (Wildman–Crippen LogP) is 4.77. The summed E-state index contributed by atoms with van der Waals surface area (Å²) in [4.78, 5) is 0. The molecule has 0 aliphatic rings. The van der Waals surface area contributed by atoms with Crippen molar-refractivity contribution < 1.29 is 9.13 Å². The lowest BCUT2D eigenvalue weighted by molar-refractivity contribution is 0.0955. The van der Waals surface area contributed by atoms with Crippen LogP contribution in [0.3, 0.4) is 0 Å². The standard InChI is InChI=1S/C18H20BrFN3O2/c1-13(11-25-12-14-6-4-3-5-7-14)10-22-17-9-16(20)18(8-15(17)19)23(24)21-2/h3-9,13,22H,2,10-12H2,1H3/q-1. The Morgan fingerprint density at radius 1 is 1.36 bits per heavy atom. The van der Waals surface area contributed by atoms with Crippen molar-refractivity contribution in [3.05, 3.63) is 63.5 Å². The average molecular weight is 409 g/mol. The SMILES string of the molecule is C=NN([O-])c1cc(Br)c(NCC(C)COCc2ccccc2)cc1F. The van der Waals surface area contributed by atoms with Crippen molar-refractivity contribution in [1.29, 1.82) is 0 Å². The molecule has 2 rings (SSSR count). The molecule has 1 atom stereocenters. The van der Waals surface area contributed by atoms with E-state index in [2.05, 4.69) is 33.1 Å². The summed E-state index contributed by atoms with van der Waals surface area (Å²) in [6.45, 7) is 6.88. The Morgan fingerprint density at radius 3 is 2.76 bits per heavy atom. The largest absolute Gasteiger partial charge is 0.737 e. The number of ether oxygens (including phenoxy) is 1. The summed E-state index contributed by atoms with van der Waals surface area (Å²) in [5.41, 5.74) is 1.50. The van der Waals surface area contributed by atoms with Gasteiger partial charge >= 0.3 is 0 Å². The molecule has 25 heavy (non-hydrogen) atoms. The van der Waals surface area contributed by atoms with Crippen molar-refractivity contribution >= 4 is 34.0 Å². The highest BCUT2D eigenvalue weighted by Crippen LogP contribution is 2.31. The third-order valence-corrected chi connectivity index (χ3v) is 4.18. The second-order valence-electron chi connectivity index (χ2n) is 5.68. The molecule has 2 aromatic rings. The number of hydrogen-bond acceptors (Lipinski definition) is 5. The molecule has 0 saturated carbocycles. The highest BCUT2D eigenvalue weighted by molar-refractivity contribution is 9.10. The maximum Gasteiger partial charge on any atom is 0.149 e. The van der Waals surface area contributed by atoms with E-state index in [1.54, 1.807) is 0 Å². The molecule has 7 heteroatoms. The topological polar surface area (TPSA) is 59.9 Å². The van der Waals surface area contributed by atoms with Gasteiger partial charge in [0.1, 0.15) is 5.82 Å². The van der Waals surface area contributed by atoms with E-state index in [1.807, 2.05) is 37.3 Å². The molecule has 5 nitrogen and oxygen atoms in total. The Balaban J connectivity index is 1.84. The Bertz CT molecular complexity index is 700. The smallest absolute Gasteiger partial charge is 0.149 e. The summed E-state index contributed by atoms with van der Waals surface area (Å²) < 4.78 is 20.2. The number of anilines is 2. The van der Waals surface area contributed by atoms with E-state index < -0.39 is 5.82 Å². The van der Waals surface area contributed by atoms with Crippen LogP contribution in [0.1, 0.15) is 12.5 Å². The van der Waals surface area contributed by atoms with Crippen LogP contribution < -0.4 is 10.5 Å². The molecule has 0 aliphatic carbocycles. The van der Waals surface area contributed by atoms with Gasteiger partial charge in [-0.3, -0.25) is 0 Å². The molecule has 0 heterocycles. The molecular weight excluding hydrogens is 389 g/mol. The fraction of sp³-hybridized carbons (Fsp3) is 0.278. The number of benzene rings is 2. The van der Waals surface area contributed by atoms with Crippen molar-refractivity contribution in [3.63, 3.8) is 0 Å². The van der Waals surface area contributed by atoms with Gasteiger partial charge in [0.15, 0.2) is 0 Å². The minimum atomic E-state index is -0.666. The lowest BCUT2D eigenvalue weighted by Gasteiger charge is -2.25. The molecule has 0 fully saturated rings. The van der Waals surface area contributed by atoms with E-state index in [4.69, 9.17) is 4.74 Å². The van der Waals surface area contributed by atoms with Gasteiger partial charge in [-0.05, 0) is 33.5 Å². The lowest BCUT2D eigenvalue weighted by Crippen LogP contribution is -2.17. The number of hydrazone groups is 1. The fourth-order valence-corrected chi connectivity index (χ4v) is 2.66. The zero-order valence-corrected chi connectivity index (χ0v) is 15.5. The van der Waals surface area contributed by atoms with Crippen LogP contribution in [0.15, 0.2) is 52.0 Å². The summed E-state index contributed by atoms with van der Waals surface area (Å²) >= 11 is 3.32. The molecule has 134 valence electrons. The van der Waals surface area contributed by atoms with E-state index in [0.29, 0.717) is 29.9 Å². The molecule has 0 spiro atoms. The van der Waals surface area contributed by atoms with Gasteiger partial charge in [-0.15, -0.1) is 0 Å². The van der Waals surface area contributed by atoms with Crippen molar-refractivity contribution in [2.75, 3.05) is 23.6 Å². The third-order valence-electron chi connectivity index (χ3n) is 3.53. The predicted molar refractivity (Wildman–Crippen MR) is 103 cm³/mol. The third kappa shape index (κ3) is 5.81. The first-order chi connectivity index (χ1) is 12.0. The molecule has 1 unspecified atom stereocenters. The highest BCUT2D eigenvalue weighted by Gasteiger charge is 2.10. The number of hydrogen-bond donors (Lipinski definition) is 1. The number of nitrogens with zero attached hydrogens (tertiary/aromatic N) is 2. The minimum Gasteiger partial charge on any atom is -0.737 e. The molecule has 0 saturated heterocycles. The molecule has 0 amide bonds. The number of halogens is 2. The van der Waals surface area contributed by atoms with Crippen LogP contribution >= 0.6 is 15.9 Å². The lowest BCUT2D eigenvalue weighted by atomic mass is 10.2. The second kappa shape index (κ2) is 9.50. The zero-order chi connectivity index (χ0) is 18.2. The summed E-state index contributed by atoms with van der Waals surface area (Å²) in [7, 11) is 0. The number of rotatable bonds is 9. The van der Waals surface area contributed by atoms with E-state index in [-0.39, 0.29) is 16.8 Å². The summed E-state index contributed by atoms with van der Waals surface area (Å²) in [5, 5.41) is 17.8. The highest BCUT2D eigenvalue weighted by atomic mass is 79.9. The van der Waals surface area contributed by atoms with Gasteiger partial charge < -0.3 is 20.4 Å². The molecule has 0 bridgehead atoms. The maximum absolute atomic E-state index is 14.0. The molecule has 2 aromatic carbocycles. The first-order valence-corrected chi connectivity index (χ1v) is 8.59. The van der Waals surface area contributed by atoms with E-state index in [1.165, 1.54) is 12.1 Å². The van der Waals surface area contributed by atoms with Gasteiger partial charge in [-0.1, -0.05) is 37.3 Å². The monoisotopic (exact) mass is 408 g/mol. The van der Waals surface area contributed by atoms with E-state index in [9.17, 15) is 9.60 Å². The van der Waals surface area contributed by atoms with Crippen LogP contribution in [0.2, 0.25) is 0 Å². The average Bonchev–Trinajstić information content (AvgIpc) is 2.62. The van der Waals surface area contributed by atoms with Gasteiger partial charge in [0, 0.05) is 23.8 Å². The Morgan fingerprint density at radius 2 is 2.08 bits per heavy atom. The van der Waals surface area contributed by atoms with Crippen LogP contribution in [-0.2, 0) is 11.3 Å². The quantitative estimate of drug-likeness (QED) is 0.479. The van der Waals surface area contributed by atoms with Gasteiger partial charge in [-0.2, -0.15) is 5.10 Å². The minimum absolute atomic E-state index is 0.143. The maximum atomic E-state index is 14.0. The van der Waals surface area contributed by atoms with Crippen molar-refractivity contribution in [2.45, 2.75) is 13.5 Å². The first-order valence-electron chi connectivity index (χ1n) is 7.79. The van der Waals surface area contributed by atoms with Crippen LogP contribution in [-0.4, -0.2) is 19.9 Å². The number of nitrogens with one attached hydrogen (secondary N) is 1. The fourth-order valence-electron chi connectivity index (χ4n) is 2.19. The van der Waals surface area contributed by atoms with Crippen molar-refractivity contribution in [1.82, 2.24) is 0 Å². The van der Waals surface area contributed by atoms with Gasteiger partial charge in [-0.25, -0.2) is 4.39 Å². The van der Waals surface area contributed by atoms with Gasteiger partial charge in [0.2, 0.25) is 0 Å². The van der Waals surface area contributed by atoms with Crippen molar-refractivity contribution in [2.24, 2.45) is 11.0 Å². The van der Waals surface area contributed by atoms with Crippen LogP contribution in [0.5, 0.6) is 0 Å². The molecule has 1 N–H and O–H groups in total. The molecule has 0 radical (unpaired) electrons. The van der Waals surface area contributed by atoms with Crippen LogP contribution in [0.25, 0.3) is 0 Å². The molecular formula is C18H20BrFN3O2-. The van der Waals surface area contributed by atoms with Gasteiger partial charge in [0.25, 0.3) is 0 Å². The van der Waals surface area contributed by atoms with Crippen molar-refractivity contribution in [3.8, 4) is 0 Å². The van der Waals surface area contributed by atoms with Crippen LogP contribution in [0.4, 0.5) is 15.8 Å². The zero-order valence-electron chi connectivity index (χ0n) is 13.9. The Hall–Kier alpha value is -1.96. The summed E-state index contributed by atoms with van der Waals surface area (Å²) in [6.07, 6.45) is 0. The summed E-state index contributed by atoms with van der Waals surface area (Å²) in [6, 6.07) is 12.6. The second-order valence-corrected chi connectivity index (χ2v) is 6.54. The Labute approximate surface area is 155 Å². The van der Waals surface area contributed by atoms with E-state index in [0.717, 1.165) is 5.56 Å². The van der Waals surface area contributed by atoms with Gasteiger partial charge in [0.05, 0.1) is 24.6 Å². The molecule has 0 aromatic heterocycles. The van der Waals surface area contributed by atoms with Crippen LogP contribution in [0, 0.1) is 16.9 Å². The first kappa shape index (κ1) is 19.4.